The maximum absolute atomic E-state index is 3.30. The third-order valence-corrected chi connectivity index (χ3v) is 4.07. The van der Waals surface area contributed by atoms with Crippen molar-refractivity contribution >= 4 is 0 Å². The average Bonchev–Trinajstić information content (AvgIpc) is 2.45. The molecule has 0 heterocycles. The first kappa shape index (κ1) is 12.0. The number of rotatable bonds is 4. The van der Waals surface area contributed by atoms with Gasteiger partial charge < -0.3 is 5.32 Å². The van der Waals surface area contributed by atoms with Gasteiger partial charge >= 0.3 is 0 Å². The van der Waals surface area contributed by atoms with E-state index in [4.69, 9.17) is 0 Å². The first-order valence-corrected chi connectivity index (χ1v) is 6.40. The largest absolute Gasteiger partial charge is 0.319 e. The van der Waals surface area contributed by atoms with E-state index in [2.05, 4.69) is 26.2 Å². The Hall–Kier alpha value is -0.0400. The third-order valence-electron chi connectivity index (χ3n) is 4.07. The fourth-order valence-corrected chi connectivity index (χ4v) is 2.81. The van der Waals surface area contributed by atoms with E-state index in [0.717, 1.165) is 17.8 Å². The number of hydrogen-bond donors (Lipinski definition) is 1. The Kier molecular flexibility index (Phi) is 5.54. The van der Waals surface area contributed by atoms with Gasteiger partial charge in [0.2, 0.25) is 0 Å². The molecule has 0 aliphatic heterocycles. The summed E-state index contributed by atoms with van der Waals surface area (Å²) >= 11 is 0. The Balaban J connectivity index is 2.36. The second-order valence-corrected chi connectivity index (χ2v) is 5.15. The smallest absolute Gasteiger partial charge is 0.00235 e. The van der Waals surface area contributed by atoms with Crippen molar-refractivity contribution in [2.45, 2.75) is 52.4 Å². The van der Waals surface area contributed by atoms with Crippen molar-refractivity contribution < 1.29 is 0 Å². The fraction of sp³-hybridized carbons (Fsp3) is 1.00. The van der Waals surface area contributed by atoms with Crippen molar-refractivity contribution in [3.63, 3.8) is 0 Å². The summed E-state index contributed by atoms with van der Waals surface area (Å²) in [6.45, 7) is 6.03. The van der Waals surface area contributed by atoms with Crippen LogP contribution in [0.2, 0.25) is 0 Å². The van der Waals surface area contributed by atoms with Crippen LogP contribution in [0.15, 0.2) is 0 Å². The first-order valence-electron chi connectivity index (χ1n) is 6.40. The zero-order valence-corrected chi connectivity index (χ0v) is 10.2. The topological polar surface area (TPSA) is 12.0 Å². The molecule has 1 saturated carbocycles. The zero-order valence-electron chi connectivity index (χ0n) is 10.2. The quantitative estimate of drug-likeness (QED) is 0.681. The molecular formula is C13H27N. The molecule has 0 spiro atoms. The monoisotopic (exact) mass is 197 g/mol. The summed E-state index contributed by atoms with van der Waals surface area (Å²) in [4.78, 5) is 0. The molecule has 0 amide bonds. The molecule has 0 aromatic carbocycles. The van der Waals surface area contributed by atoms with Crippen molar-refractivity contribution in [2.75, 3.05) is 13.6 Å². The van der Waals surface area contributed by atoms with E-state index in [0.29, 0.717) is 0 Å². The summed E-state index contributed by atoms with van der Waals surface area (Å²) in [5.41, 5.74) is 0. The van der Waals surface area contributed by atoms with E-state index in [9.17, 15) is 0 Å². The molecule has 0 saturated heterocycles. The first-order chi connectivity index (χ1) is 6.75. The second kappa shape index (κ2) is 6.44. The second-order valence-electron chi connectivity index (χ2n) is 5.15. The van der Waals surface area contributed by atoms with Gasteiger partial charge in [-0.05, 0) is 31.3 Å². The summed E-state index contributed by atoms with van der Waals surface area (Å²) in [6.07, 6.45) is 8.86. The summed E-state index contributed by atoms with van der Waals surface area (Å²) in [5.74, 6) is 2.74. The van der Waals surface area contributed by atoms with E-state index in [-0.39, 0.29) is 0 Å². The molecule has 1 fully saturated rings. The minimum absolute atomic E-state index is 0.836. The molecule has 2 atom stereocenters. The molecule has 0 radical (unpaired) electrons. The molecule has 1 heteroatoms. The molecule has 2 unspecified atom stereocenters. The van der Waals surface area contributed by atoms with E-state index in [1.165, 1.54) is 45.1 Å². The highest BCUT2D eigenvalue weighted by Crippen LogP contribution is 2.32. The predicted octanol–water partition coefficient (Wildman–Crippen LogP) is 3.45. The zero-order chi connectivity index (χ0) is 10.4. The predicted molar refractivity (Wildman–Crippen MR) is 63.4 cm³/mol. The van der Waals surface area contributed by atoms with Gasteiger partial charge in [-0.15, -0.1) is 0 Å². The maximum Gasteiger partial charge on any atom is -0.00235 e. The number of hydrogen-bond acceptors (Lipinski definition) is 1. The van der Waals surface area contributed by atoms with Gasteiger partial charge in [-0.1, -0.05) is 52.4 Å². The lowest BCUT2D eigenvalue weighted by Crippen LogP contribution is -2.26. The molecule has 1 N–H and O–H groups in total. The normalized spacial score (nSPS) is 24.2. The van der Waals surface area contributed by atoms with Gasteiger partial charge in [0.1, 0.15) is 0 Å². The van der Waals surface area contributed by atoms with Gasteiger partial charge in [0.15, 0.2) is 0 Å². The lowest BCUT2D eigenvalue weighted by atomic mass is 9.80. The lowest BCUT2D eigenvalue weighted by molar-refractivity contribution is 0.235. The molecule has 1 aliphatic carbocycles. The molecule has 84 valence electrons. The Morgan fingerprint density at radius 1 is 1.07 bits per heavy atom. The van der Waals surface area contributed by atoms with Crippen LogP contribution in [0, 0.1) is 17.8 Å². The van der Waals surface area contributed by atoms with Crippen molar-refractivity contribution in [3.8, 4) is 0 Å². The fourth-order valence-electron chi connectivity index (χ4n) is 2.81. The minimum atomic E-state index is 0.836. The van der Waals surface area contributed by atoms with Gasteiger partial charge in [0.05, 0.1) is 0 Å². The summed E-state index contributed by atoms with van der Waals surface area (Å²) in [6, 6.07) is 0. The van der Waals surface area contributed by atoms with Crippen LogP contribution in [0.1, 0.15) is 52.4 Å². The van der Waals surface area contributed by atoms with E-state index < -0.39 is 0 Å². The lowest BCUT2D eigenvalue weighted by Gasteiger charge is -2.28. The van der Waals surface area contributed by atoms with Crippen LogP contribution in [0.5, 0.6) is 0 Å². The van der Waals surface area contributed by atoms with Crippen molar-refractivity contribution in [3.05, 3.63) is 0 Å². The van der Waals surface area contributed by atoms with Crippen molar-refractivity contribution in [1.29, 1.82) is 0 Å². The molecule has 0 aromatic heterocycles. The highest BCUT2D eigenvalue weighted by molar-refractivity contribution is 4.74. The molecule has 0 aromatic rings. The third kappa shape index (κ3) is 3.61. The SMILES string of the molecule is CNCC(C)C(C)C1CCCCCC1. The van der Waals surface area contributed by atoms with Crippen LogP contribution in [0.25, 0.3) is 0 Å². The Morgan fingerprint density at radius 2 is 1.64 bits per heavy atom. The highest BCUT2D eigenvalue weighted by Gasteiger charge is 2.22. The molecular weight excluding hydrogens is 170 g/mol. The standard InChI is InChI=1S/C13H27N/c1-11(10-14-3)12(2)13-8-6-4-5-7-9-13/h11-14H,4-10H2,1-3H3. The van der Waals surface area contributed by atoms with Gasteiger partial charge in [-0.25, -0.2) is 0 Å². The van der Waals surface area contributed by atoms with Crippen molar-refractivity contribution in [1.82, 2.24) is 5.32 Å². The van der Waals surface area contributed by atoms with E-state index in [1.54, 1.807) is 0 Å². The molecule has 1 aliphatic rings. The molecule has 0 bridgehead atoms. The molecule has 1 rings (SSSR count). The van der Waals surface area contributed by atoms with Gasteiger partial charge in [0.25, 0.3) is 0 Å². The van der Waals surface area contributed by atoms with Gasteiger partial charge in [0, 0.05) is 0 Å². The Labute approximate surface area is 89.7 Å². The van der Waals surface area contributed by atoms with Crippen molar-refractivity contribution in [2.24, 2.45) is 17.8 Å². The van der Waals surface area contributed by atoms with Crippen LogP contribution in [-0.4, -0.2) is 13.6 Å². The van der Waals surface area contributed by atoms with Crippen LogP contribution in [0.3, 0.4) is 0 Å². The van der Waals surface area contributed by atoms with Crippen LogP contribution < -0.4 is 5.32 Å². The summed E-state index contributed by atoms with van der Waals surface area (Å²) in [7, 11) is 2.07. The Bertz CT molecular complexity index is 136. The average molecular weight is 197 g/mol. The van der Waals surface area contributed by atoms with Crippen LogP contribution >= 0.6 is 0 Å². The molecule has 14 heavy (non-hydrogen) atoms. The van der Waals surface area contributed by atoms with Crippen LogP contribution in [0.4, 0.5) is 0 Å². The number of nitrogens with one attached hydrogen (secondary N) is 1. The molecule has 1 nitrogen and oxygen atoms in total. The Morgan fingerprint density at radius 3 is 2.14 bits per heavy atom. The van der Waals surface area contributed by atoms with Gasteiger partial charge in [-0.3, -0.25) is 0 Å². The maximum atomic E-state index is 3.30. The van der Waals surface area contributed by atoms with E-state index >= 15 is 0 Å². The van der Waals surface area contributed by atoms with E-state index in [1.807, 2.05) is 0 Å². The van der Waals surface area contributed by atoms with Gasteiger partial charge in [-0.2, -0.15) is 0 Å². The summed E-state index contributed by atoms with van der Waals surface area (Å²) in [5, 5.41) is 3.30. The van der Waals surface area contributed by atoms with Crippen LogP contribution in [-0.2, 0) is 0 Å². The minimum Gasteiger partial charge on any atom is -0.319 e. The highest BCUT2D eigenvalue weighted by atomic mass is 14.8. The summed E-state index contributed by atoms with van der Waals surface area (Å²) < 4.78 is 0.